The average molecular weight is 623 g/mol. The number of phenols is 1. The number of aromatic hydroxyl groups is 1. The van der Waals surface area contributed by atoms with Crippen LogP contribution in [0.25, 0.3) is 11.4 Å². The lowest BCUT2D eigenvalue weighted by atomic mass is 10.2. The van der Waals surface area contributed by atoms with E-state index in [4.69, 9.17) is 30.1 Å². The second kappa shape index (κ2) is 13.2. The molecule has 4 N–H and O–H groups in total. The van der Waals surface area contributed by atoms with Crippen LogP contribution in [0, 0.1) is 17.0 Å². The molecular formula is C31H32F2N6O6. The van der Waals surface area contributed by atoms with Crippen molar-refractivity contribution in [2.45, 2.75) is 32.4 Å². The third kappa shape index (κ3) is 6.65. The normalized spacial score (nSPS) is 16.4. The molecule has 0 saturated carbocycles. The molecule has 45 heavy (non-hydrogen) atoms. The molecule has 2 aromatic carbocycles. The highest BCUT2D eigenvalue weighted by Gasteiger charge is 2.39. The fourth-order valence-electron chi connectivity index (χ4n) is 4.99. The number of esters is 1. The number of amidine groups is 1. The standard InChI is InChI=1S/C31H32F2N6O6/c1-4-39-16-20(15-21(39)31(41)42-5-2)43-26-24(32)29(44-19-8-6-7-18(13-19)28-36-11-12-38(28)3)37-30(25(26)33)45-23-14-17(27(34)35)9-10-22(23)40/h6-14,20-21,40H,4-5,15-16H2,1-3H3,(H3,34,35). The molecule has 12 nitrogen and oxygen atoms in total. The highest BCUT2D eigenvalue weighted by atomic mass is 19.1. The van der Waals surface area contributed by atoms with E-state index in [2.05, 4.69) is 9.97 Å². The lowest BCUT2D eigenvalue weighted by Gasteiger charge is -2.20. The van der Waals surface area contributed by atoms with Crippen LogP contribution >= 0.6 is 0 Å². The number of ether oxygens (including phenoxy) is 4. The molecule has 236 valence electrons. The Hall–Kier alpha value is -5.24. The minimum absolute atomic E-state index is 0.118. The first kappa shape index (κ1) is 31.2. The summed E-state index contributed by atoms with van der Waals surface area (Å²) in [6.45, 7) is 4.40. The maximum absolute atomic E-state index is 16.0. The van der Waals surface area contributed by atoms with Crippen molar-refractivity contribution in [2.75, 3.05) is 19.7 Å². The zero-order valence-electron chi connectivity index (χ0n) is 24.8. The summed E-state index contributed by atoms with van der Waals surface area (Å²) in [5.74, 6) is -5.55. The van der Waals surface area contributed by atoms with Gasteiger partial charge in [0.1, 0.15) is 29.6 Å². The number of hydrogen-bond acceptors (Lipinski definition) is 10. The molecule has 2 aromatic heterocycles. The quantitative estimate of drug-likeness (QED) is 0.121. The number of imidazole rings is 1. The molecule has 1 saturated heterocycles. The first-order valence-corrected chi connectivity index (χ1v) is 14.2. The number of nitrogen functional groups attached to an aromatic ring is 1. The Kier molecular flexibility index (Phi) is 9.13. The predicted octanol–water partition coefficient (Wildman–Crippen LogP) is 4.74. The van der Waals surface area contributed by atoms with Crippen molar-refractivity contribution in [2.24, 2.45) is 12.8 Å². The topological polar surface area (TPSA) is 158 Å². The van der Waals surface area contributed by atoms with Gasteiger partial charge in [-0.05, 0) is 43.8 Å². The minimum atomic E-state index is -1.31. The first-order valence-electron chi connectivity index (χ1n) is 14.2. The van der Waals surface area contributed by atoms with Gasteiger partial charge in [-0.15, -0.1) is 0 Å². The summed E-state index contributed by atoms with van der Waals surface area (Å²) in [6, 6.07) is 9.76. The van der Waals surface area contributed by atoms with E-state index in [1.807, 2.05) is 14.0 Å². The fourth-order valence-corrected chi connectivity index (χ4v) is 4.99. The lowest BCUT2D eigenvalue weighted by Crippen LogP contribution is -2.37. The van der Waals surface area contributed by atoms with Gasteiger partial charge < -0.3 is 34.4 Å². The van der Waals surface area contributed by atoms with Gasteiger partial charge in [0, 0.05) is 43.5 Å². The van der Waals surface area contributed by atoms with E-state index in [1.54, 1.807) is 53.0 Å². The number of nitrogens with two attached hydrogens (primary N) is 1. The predicted molar refractivity (Wildman–Crippen MR) is 159 cm³/mol. The fraction of sp³-hybridized carbons (Fsp3) is 0.290. The Labute approximate surface area is 257 Å². The van der Waals surface area contributed by atoms with Gasteiger partial charge in [0.05, 0.1) is 6.61 Å². The van der Waals surface area contributed by atoms with Gasteiger partial charge in [-0.2, -0.15) is 13.8 Å². The number of halogens is 2. The number of likely N-dealkylation sites (tertiary alicyclic amines) is 1. The van der Waals surface area contributed by atoms with Gasteiger partial charge >= 0.3 is 5.97 Å². The largest absolute Gasteiger partial charge is 0.504 e. The van der Waals surface area contributed by atoms with Crippen LogP contribution in [0.1, 0.15) is 25.8 Å². The molecule has 2 atom stereocenters. The average Bonchev–Trinajstić information content (AvgIpc) is 3.64. The summed E-state index contributed by atoms with van der Waals surface area (Å²) in [5.41, 5.74) is 6.40. The maximum atomic E-state index is 16.0. The van der Waals surface area contributed by atoms with Gasteiger partial charge in [-0.1, -0.05) is 19.1 Å². The molecule has 3 heterocycles. The van der Waals surface area contributed by atoms with E-state index in [9.17, 15) is 9.90 Å². The number of phenolic OH excluding ortho intramolecular Hbond substituents is 1. The van der Waals surface area contributed by atoms with Gasteiger partial charge in [0.2, 0.25) is 17.4 Å². The Morgan fingerprint density at radius 1 is 1.13 bits per heavy atom. The molecule has 0 amide bonds. The van der Waals surface area contributed by atoms with Gasteiger partial charge in [-0.3, -0.25) is 15.1 Å². The Balaban J connectivity index is 1.53. The van der Waals surface area contributed by atoms with Crippen molar-refractivity contribution in [3.8, 4) is 46.1 Å². The van der Waals surface area contributed by atoms with E-state index in [0.29, 0.717) is 17.9 Å². The van der Waals surface area contributed by atoms with Crippen molar-refractivity contribution < 1.29 is 37.6 Å². The Morgan fingerprint density at radius 2 is 1.89 bits per heavy atom. The minimum Gasteiger partial charge on any atom is -0.504 e. The zero-order chi connectivity index (χ0) is 32.2. The smallest absolute Gasteiger partial charge is 0.323 e. The summed E-state index contributed by atoms with van der Waals surface area (Å²) in [5, 5.41) is 18.0. The number of pyridine rings is 1. The number of carbonyl (C=O) groups is 1. The first-order chi connectivity index (χ1) is 21.6. The van der Waals surface area contributed by atoms with E-state index in [-0.39, 0.29) is 42.5 Å². The SMILES string of the molecule is CCOC(=O)C1CC(Oc2c(F)c(Oc3cccc(-c4nccn4C)c3)nc(Oc3cc(C(=N)N)ccc3O)c2F)CN1CC. The van der Waals surface area contributed by atoms with Crippen LogP contribution in [-0.4, -0.2) is 68.2 Å². The molecule has 1 fully saturated rings. The van der Waals surface area contributed by atoms with Gasteiger partial charge in [0.25, 0.3) is 11.8 Å². The zero-order valence-corrected chi connectivity index (χ0v) is 24.8. The molecule has 4 aromatic rings. The van der Waals surface area contributed by atoms with Crippen molar-refractivity contribution in [1.82, 2.24) is 19.4 Å². The number of nitrogens with one attached hydrogen (secondary N) is 1. The van der Waals surface area contributed by atoms with Crippen LogP contribution in [0.5, 0.6) is 34.8 Å². The van der Waals surface area contributed by atoms with E-state index >= 15 is 8.78 Å². The molecule has 0 spiro atoms. The molecule has 2 unspecified atom stereocenters. The van der Waals surface area contributed by atoms with Crippen molar-refractivity contribution in [3.63, 3.8) is 0 Å². The number of nitrogens with zero attached hydrogens (tertiary/aromatic N) is 4. The highest BCUT2D eigenvalue weighted by Crippen LogP contribution is 2.41. The Morgan fingerprint density at radius 3 is 2.56 bits per heavy atom. The van der Waals surface area contributed by atoms with Crippen LogP contribution in [0.3, 0.4) is 0 Å². The molecule has 5 rings (SSSR count). The van der Waals surface area contributed by atoms with Crippen LogP contribution in [0.15, 0.2) is 54.9 Å². The molecule has 1 aliphatic rings. The number of rotatable bonds is 11. The number of benzene rings is 2. The van der Waals surface area contributed by atoms with Gasteiger partial charge in [-0.25, -0.2) is 4.98 Å². The van der Waals surface area contributed by atoms with Crippen molar-refractivity contribution in [3.05, 3.63) is 72.1 Å². The van der Waals surface area contributed by atoms with Crippen molar-refractivity contribution >= 4 is 11.8 Å². The second-order valence-corrected chi connectivity index (χ2v) is 10.2. The number of carbonyl (C=O) groups excluding carboxylic acids is 1. The molecule has 14 heteroatoms. The summed E-state index contributed by atoms with van der Waals surface area (Å²) < 4.78 is 56.2. The lowest BCUT2D eigenvalue weighted by molar-refractivity contribution is -0.148. The molecule has 0 bridgehead atoms. The number of hydrogen-bond donors (Lipinski definition) is 3. The number of likely N-dealkylation sites (N-methyl/N-ethyl adjacent to an activating group) is 1. The number of aromatic nitrogens is 3. The monoisotopic (exact) mass is 622 g/mol. The van der Waals surface area contributed by atoms with E-state index in [1.165, 1.54) is 18.2 Å². The van der Waals surface area contributed by atoms with Crippen LogP contribution in [0.4, 0.5) is 8.78 Å². The molecule has 0 radical (unpaired) electrons. The van der Waals surface area contributed by atoms with Crippen LogP contribution < -0.4 is 19.9 Å². The summed E-state index contributed by atoms with van der Waals surface area (Å²) in [4.78, 5) is 22.6. The van der Waals surface area contributed by atoms with E-state index in [0.717, 1.165) is 0 Å². The summed E-state index contributed by atoms with van der Waals surface area (Å²) in [6.07, 6.45) is 2.71. The molecular weight excluding hydrogens is 590 g/mol. The van der Waals surface area contributed by atoms with Crippen LogP contribution in [-0.2, 0) is 16.6 Å². The maximum Gasteiger partial charge on any atom is 0.323 e. The highest BCUT2D eigenvalue weighted by molar-refractivity contribution is 5.95. The van der Waals surface area contributed by atoms with Gasteiger partial charge in [0.15, 0.2) is 11.5 Å². The van der Waals surface area contributed by atoms with Crippen LogP contribution in [0.2, 0.25) is 0 Å². The Bertz CT molecular complexity index is 1730. The van der Waals surface area contributed by atoms with Crippen molar-refractivity contribution in [1.29, 1.82) is 5.41 Å². The third-order valence-corrected chi connectivity index (χ3v) is 7.20. The second-order valence-electron chi connectivity index (χ2n) is 10.2. The summed E-state index contributed by atoms with van der Waals surface area (Å²) >= 11 is 0. The molecule has 0 aliphatic carbocycles. The summed E-state index contributed by atoms with van der Waals surface area (Å²) in [7, 11) is 1.82. The van der Waals surface area contributed by atoms with E-state index < -0.39 is 53.0 Å². The number of aryl methyl sites for hydroxylation is 1. The third-order valence-electron chi connectivity index (χ3n) is 7.20. The molecule has 1 aliphatic heterocycles.